The number of aromatic nitrogens is 1. The standard InChI is InChI=1S/C28H28N4O5S/c1-15-8-4-6-10-20(15)29-23(33)14-31-25(34)21(30-28(31)37)13-18-12-16(2)32(17(18)3)26-24(27(35)36)19-9-5-7-11-22(19)38-26/h4,6,8,10,12-13H,5,7,9,11,14H2,1-3H3,(H,29,33)(H,30,37)(H,35,36)/b21-13-. The number of carbonyl (C=O) groups excluding carboxylic acids is 3. The molecule has 0 atom stereocenters. The number of hydrogen-bond donors (Lipinski definition) is 3. The Morgan fingerprint density at radius 1 is 1.13 bits per heavy atom. The molecule has 1 fully saturated rings. The van der Waals surface area contributed by atoms with Crippen LogP contribution in [0, 0.1) is 20.8 Å². The number of carboxylic acid groups (broad SMARTS) is 1. The molecule has 3 N–H and O–H groups in total. The highest BCUT2D eigenvalue weighted by molar-refractivity contribution is 7.15. The van der Waals surface area contributed by atoms with Gasteiger partial charge in [0.1, 0.15) is 17.2 Å². The van der Waals surface area contributed by atoms with Gasteiger partial charge in [-0.2, -0.15) is 0 Å². The number of para-hydroxylation sites is 1. The van der Waals surface area contributed by atoms with Crippen molar-refractivity contribution in [3.8, 4) is 5.00 Å². The Kier molecular flexibility index (Phi) is 6.66. The van der Waals surface area contributed by atoms with Crippen LogP contribution in [0.25, 0.3) is 11.1 Å². The lowest BCUT2D eigenvalue weighted by atomic mass is 9.95. The SMILES string of the molecule is Cc1ccccc1NC(=O)CN1C(=O)N/C(=C\c2cc(C)n(-c3sc4c(c3C(=O)O)CCCC4)c2C)C1=O. The summed E-state index contributed by atoms with van der Waals surface area (Å²) in [4.78, 5) is 52.4. The Bertz CT molecular complexity index is 1530. The molecule has 38 heavy (non-hydrogen) atoms. The minimum atomic E-state index is -0.940. The van der Waals surface area contributed by atoms with E-state index in [1.165, 1.54) is 11.3 Å². The van der Waals surface area contributed by atoms with Crippen molar-refractivity contribution in [2.75, 3.05) is 11.9 Å². The lowest BCUT2D eigenvalue weighted by molar-refractivity contribution is -0.127. The fourth-order valence-electron chi connectivity index (χ4n) is 5.09. The summed E-state index contributed by atoms with van der Waals surface area (Å²) >= 11 is 1.51. The third-order valence-corrected chi connectivity index (χ3v) is 8.30. The topological polar surface area (TPSA) is 121 Å². The summed E-state index contributed by atoms with van der Waals surface area (Å²) in [5, 5.41) is 16.0. The lowest BCUT2D eigenvalue weighted by Crippen LogP contribution is -2.38. The van der Waals surface area contributed by atoms with Crippen LogP contribution in [0.3, 0.4) is 0 Å². The first-order chi connectivity index (χ1) is 18.2. The van der Waals surface area contributed by atoms with Crippen LogP contribution in [-0.4, -0.2) is 44.9 Å². The summed E-state index contributed by atoms with van der Waals surface area (Å²) in [5.74, 6) is -2.02. The van der Waals surface area contributed by atoms with Gasteiger partial charge >= 0.3 is 12.0 Å². The van der Waals surface area contributed by atoms with Crippen molar-refractivity contribution in [2.45, 2.75) is 46.5 Å². The zero-order valence-electron chi connectivity index (χ0n) is 21.4. The smallest absolute Gasteiger partial charge is 0.339 e. The number of aromatic carboxylic acids is 1. The van der Waals surface area contributed by atoms with E-state index in [0.29, 0.717) is 21.8 Å². The van der Waals surface area contributed by atoms with E-state index in [0.717, 1.165) is 58.0 Å². The van der Waals surface area contributed by atoms with E-state index in [9.17, 15) is 24.3 Å². The molecule has 0 spiro atoms. The van der Waals surface area contributed by atoms with Crippen LogP contribution in [-0.2, 0) is 22.4 Å². The Morgan fingerprint density at radius 3 is 2.61 bits per heavy atom. The summed E-state index contributed by atoms with van der Waals surface area (Å²) in [6.45, 7) is 5.18. The van der Waals surface area contributed by atoms with E-state index < -0.39 is 30.4 Å². The number of nitrogens with zero attached hydrogens (tertiary/aromatic N) is 2. The molecule has 196 valence electrons. The van der Waals surface area contributed by atoms with Gasteiger partial charge in [-0.05, 0) is 81.4 Å². The first-order valence-corrected chi connectivity index (χ1v) is 13.2. The maximum absolute atomic E-state index is 13.0. The number of amides is 4. The number of aryl methyl sites for hydroxylation is 3. The molecule has 0 saturated carbocycles. The fourth-order valence-corrected chi connectivity index (χ4v) is 6.58. The van der Waals surface area contributed by atoms with Crippen LogP contribution in [0.4, 0.5) is 10.5 Å². The minimum absolute atomic E-state index is 0.0582. The zero-order valence-corrected chi connectivity index (χ0v) is 22.2. The molecule has 10 heteroatoms. The van der Waals surface area contributed by atoms with Gasteiger partial charge in [0.15, 0.2) is 0 Å². The highest BCUT2D eigenvalue weighted by Gasteiger charge is 2.35. The lowest BCUT2D eigenvalue weighted by Gasteiger charge is -2.13. The molecule has 1 aliphatic carbocycles. The first kappa shape index (κ1) is 25.5. The number of benzene rings is 1. The molecule has 2 aliphatic rings. The van der Waals surface area contributed by atoms with E-state index in [4.69, 9.17) is 0 Å². The molecule has 0 bridgehead atoms. The van der Waals surface area contributed by atoms with Gasteiger partial charge in [-0.1, -0.05) is 18.2 Å². The average molecular weight is 533 g/mol. The van der Waals surface area contributed by atoms with E-state index >= 15 is 0 Å². The van der Waals surface area contributed by atoms with Crippen LogP contribution in [0.5, 0.6) is 0 Å². The highest BCUT2D eigenvalue weighted by atomic mass is 32.1. The number of thiophene rings is 1. The quantitative estimate of drug-likeness (QED) is 0.317. The van der Waals surface area contributed by atoms with Crippen LogP contribution in [0.15, 0.2) is 36.0 Å². The summed E-state index contributed by atoms with van der Waals surface area (Å²) in [6, 6.07) is 8.43. The number of imide groups is 1. The van der Waals surface area contributed by atoms with Crippen LogP contribution in [0.2, 0.25) is 0 Å². The van der Waals surface area contributed by atoms with Crippen molar-refractivity contribution < 1.29 is 24.3 Å². The van der Waals surface area contributed by atoms with Crippen molar-refractivity contribution in [1.82, 2.24) is 14.8 Å². The molecule has 5 rings (SSSR count). The maximum Gasteiger partial charge on any atom is 0.339 e. The summed E-state index contributed by atoms with van der Waals surface area (Å²) in [7, 11) is 0. The second-order valence-electron chi connectivity index (χ2n) is 9.60. The normalized spacial score (nSPS) is 16.1. The molecule has 2 aromatic heterocycles. The average Bonchev–Trinajstić information content (AvgIpc) is 3.47. The Labute approximate surface area is 223 Å². The van der Waals surface area contributed by atoms with Crippen molar-refractivity contribution in [3.63, 3.8) is 0 Å². The number of fused-ring (bicyclic) bond motifs is 1. The molecule has 1 saturated heterocycles. The number of rotatable bonds is 6. The second kappa shape index (κ2) is 9.94. The molecule has 4 amide bonds. The largest absolute Gasteiger partial charge is 0.478 e. The monoisotopic (exact) mass is 532 g/mol. The van der Waals surface area contributed by atoms with Crippen LogP contribution in [0.1, 0.15) is 56.2 Å². The molecule has 1 aromatic carbocycles. The fraction of sp³-hybridized carbons (Fsp3) is 0.286. The minimum Gasteiger partial charge on any atom is -0.478 e. The molecule has 0 radical (unpaired) electrons. The Hall–Kier alpha value is -4.18. The number of carbonyl (C=O) groups is 4. The van der Waals surface area contributed by atoms with Crippen molar-refractivity contribution >= 4 is 46.9 Å². The van der Waals surface area contributed by atoms with Crippen molar-refractivity contribution in [2.24, 2.45) is 0 Å². The number of carboxylic acids is 1. The van der Waals surface area contributed by atoms with E-state index in [1.54, 1.807) is 18.2 Å². The molecular weight excluding hydrogens is 504 g/mol. The Balaban J connectivity index is 1.41. The molecular formula is C28H28N4O5S. The van der Waals surface area contributed by atoms with Gasteiger partial charge in [-0.15, -0.1) is 11.3 Å². The van der Waals surface area contributed by atoms with Gasteiger partial charge in [0, 0.05) is 22.0 Å². The third-order valence-electron chi connectivity index (χ3n) is 7.02. The zero-order chi connectivity index (χ0) is 27.1. The Morgan fingerprint density at radius 2 is 1.87 bits per heavy atom. The van der Waals surface area contributed by atoms with Gasteiger partial charge in [0.25, 0.3) is 5.91 Å². The van der Waals surface area contributed by atoms with Crippen molar-refractivity contribution in [1.29, 1.82) is 0 Å². The highest BCUT2D eigenvalue weighted by Crippen LogP contribution is 2.39. The summed E-state index contributed by atoms with van der Waals surface area (Å²) in [6.07, 6.45) is 5.24. The van der Waals surface area contributed by atoms with Crippen LogP contribution >= 0.6 is 11.3 Å². The van der Waals surface area contributed by atoms with Crippen molar-refractivity contribution in [3.05, 3.63) is 74.5 Å². The van der Waals surface area contributed by atoms with Crippen LogP contribution < -0.4 is 10.6 Å². The van der Waals surface area contributed by atoms with E-state index in [2.05, 4.69) is 10.6 Å². The van der Waals surface area contributed by atoms with Gasteiger partial charge < -0.3 is 20.3 Å². The van der Waals surface area contributed by atoms with E-state index in [-0.39, 0.29) is 5.70 Å². The van der Waals surface area contributed by atoms with Gasteiger partial charge in [-0.25, -0.2) is 14.5 Å². The molecule has 3 aromatic rings. The predicted molar refractivity (Wildman–Crippen MR) is 145 cm³/mol. The van der Waals surface area contributed by atoms with E-state index in [1.807, 2.05) is 43.5 Å². The van der Waals surface area contributed by atoms with Gasteiger partial charge in [0.05, 0.1) is 5.56 Å². The number of nitrogens with one attached hydrogen (secondary N) is 2. The number of anilines is 1. The molecule has 1 aliphatic heterocycles. The predicted octanol–water partition coefficient (Wildman–Crippen LogP) is 4.57. The molecule has 0 unspecified atom stereocenters. The third kappa shape index (κ3) is 4.51. The summed E-state index contributed by atoms with van der Waals surface area (Å²) in [5.41, 5.74) is 5.07. The molecule has 3 heterocycles. The number of urea groups is 1. The first-order valence-electron chi connectivity index (χ1n) is 12.4. The molecule has 9 nitrogen and oxygen atoms in total. The maximum atomic E-state index is 13.0. The van der Waals surface area contributed by atoms with Gasteiger partial charge in [-0.3, -0.25) is 9.59 Å². The summed E-state index contributed by atoms with van der Waals surface area (Å²) < 4.78 is 1.91. The number of hydrogen-bond acceptors (Lipinski definition) is 5. The second-order valence-corrected chi connectivity index (χ2v) is 10.7. The van der Waals surface area contributed by atoms with Gasteiger partial charge in [0.2, 0.25) is 5.91 Å².